The normalized spacial score (nSPS) is 11.5. The highest BCUT2D eigenvalue weighted by Crippen LogP contribution is 2.17. The van der Waals surface area contributed by atoms with E-state index in [2.05, 4.69) is 10.5 Å². The van der Waals surface area contributed by atoms with Crippen molar-refractivity contribution < 1.29 is 14.4 Å². The second kappa shape index (κ2) is 6.56. The fourth-order valence-corrected chi connectivity index (χ4v) is 1.64. The summed E-state index contributed by atoms with van der Waals surface area (Å²) in [4.78, 5) is 20.4. The minimum atomic E-state index is -0.800. The molecule has 1 heterocycles. The predicted octanol–water partition coefficient (Wildman–Crippen LogP) is 3.63. The molecule has 1 aromatic carbocycles. The third-order valence-electron chi connectivity index (χ3n) is 2.78. The first kappa shape index (κ1) is 13.9. The molecule has 0 saturated carbocycles. The van der Waals surface area contributed by atoms with Crippen molar-refractivity contribution >= 4 is 12.0 Å². The van der Waals surface area contributed by atoms with Crippen molar-refractivity contribution in [3.63, 3.8) is 0 Å². The van der Waals surface area contributed by atoms with Gasteiger partial charge in [0.1, 0.15) is 6.10 Å². The van der Waals surface area contributed by atoms with Crippen molar-refractivity contribution in [2.24, 2.45) is 0 Å². The number of ether oxygens (including phenoxy) is 1. The van der Waals surface area contributed by atoms with Gasteiger partial charge < -0.3 is 9.57 Å². The summed E-state index contributed by atoms with van der Waals surface area (Å²) in [6.45, 7) is 3.64. The zero-order valence-electron chi connectivity index (χ0n) is 11.4. The molecule has 104 valence electrons. The van der Waals surface area contributed by atoms with E-state index in [-0.39, 0.29) is 6.10 Å². The van der Waals surface area contributed by atoms with Gasteiger partial charge in [0.2, 0.25) is 0 Å². The van der Waals surface area contributed by atoms with E-state index >= 15 is 0 Å². The van der Waals surface area contributed by atoms with Crippen LogP contribution in [0.5, 0.6) is 0 Å². The van der Waals surface area contributed by atoms with E-state index in [0.717, 1.165) is 11.1 Å². The molecule has 20 heavy (non-hydrogen) atoms. The third kappa shape index (κ3) is 3.71. The Bertz CT molecular complexity index is 572. The molecule has 2 aromatic rings. The SMILES string of the molecule is Cc1cccnc1NOC(=O)OC(C)c1ccccc1. The average molecular weight is 272 g/mol. The van der Waals surface area contributed by atoms with Crippen LogP contribution in [0.1, 0.15) is 24.2 Å². The first-order valence-corrected chi connectivity index (χ1v) is 6.27. The Labute approximate surface area is 117 Å². The number of nitrogens with zero attached hydrogens (tertiary/aromatic N) is 1. The number of pyridine rings is 1. The number of carbonyl (C=O) groups is 1. The number of benzene rings is 1. The molecule has 1 N–H and O–H groups in total. The molecule has 1 unspecified atom stereocenters. The number of hydrogen-bond acceptors (Lipinski definition) is 5. The molecule has 1 aromatic heterocycles. The van der Waals surface area contributed by atoms with E-state index < -0.39 is 6.16 Å². The Balaban J connectivity index is 1.86. The molecular weight excluding hydrogens is 256 g/mol. The van der Waals surface area contributed by atoms with E-state index in [1.807, 2.05) is 43.3 Å². The molecule has 0 amide bonds. The maximum Gasteiger partial charge on any atom is 0.533 e. The summed E-state index contributed by atoms with van der Waals surface area (Å²) in [7, 11) is 0. The van der Waals surface area contributed by atoms with Crippen molar-refractivity contribution in [2.45, 2.75) is 20.0 Å². The fraction of sp³-hybridized carbons (Fsp3) is 0.200. The van der Waals surface area contributed by atoms with E-state index in [1.54, 1.807) is 19.2 Å². The Morgan fingerprint density at radius 1 is 1.20 bits per heavy atom. The Morgan fingerprint density at radius 2 is 1.95 bits per heavy atom. The molecular formula is C15H16N2O3. The number of aryl methyl sites for hydroxylation is 1. The van der Waals surface area contributed by atoms with E-state index in [4.69, 9.17) is 9.57 Å². The summed E-state index contributed by atoms with van der Waals surface area (Å²) in [6, 6.07) is 13.1. The zero-order chi connectivity index (χ0) is 14.4. The Morgan fingerprint density at radius 3 is 2.65 bits per heavy atom. The molecule has 0 spiro atoms. The highest BCUT2D eigenvalue weighted by atomic mass is 16.8. The van der Waals surface area contributed by atoms with Crippen LogP contribution in [0.2, 0.25) is 0 Å². The molecule has 0 fully saturated rings. The first-order chi connectivity index (χ1) is 9.66. The van der Waals surface area contributed by atoms with Crippen LogP contribution in [0.15, 0.2) is 48.7 Å². The van der Waals surface area contributed by atoms with E-state index in [9.17, 15) is 4.79 Å². The van der Waals surface area contributed by atoms with Gasteiger partial charge in [0.25, 0.3) is 0 Å². The minimum absolute atomic E-state index is 0.379. The maximum atomic E-state index is 11.6. The summed E-state index contributed by atoms with van der Waals surface area (Å²) in [5, 5.41) is 0. The van der Waals surface area contributed by atoms with Gasteiger partial charge in [-0.2, -0.15) is 5.48 Å². The lowest BCUT2D eigenvalue weighted by molar-refractivity contribution is 0.0420. The molecule has 5 nitrogen and oxygen atoms in total. The number of anilines is 1. The lowest BCUT2D eigenvalue weighted by Crippen LogP contribution is -2.15. The van der Waals surface area contributed by atoms with Crippen LogP contribution in [-0.2, 0) is 9.57 Å². The van der Waals surface area contributed by atoms with Crippen LogP contribution in [-0.4, -0.2) is 11.1 Å². The fourth-order valence-electron chi connectivity index (χ4n) is 1.64. The Kier molecular flexibility index (Phi) is 4.55. The van der Waals surface area contributed by atoms with Crippen LogP contribution in [0.25, 0.3) is 0 Å². The van der Waals surface area contributed by atoms with Crippen LogP contribution >= 0.6 is 0 Å². The van der Waals surface area contributed by atoms with Gasteiger partial charge >= 0.3 is 6.16 Å². The zero-order valence-corrected chi connectivity index (χ0v) is 11.4. The van der Waals surface area contributed by atoms with Gasteiger partial charge in [-0.05, 0) is 31.0 Å². The number of nitrogens with one attached hydrogen (secondary N) is 1. The van der Waals surface area contributed by atoms with Gasteiger partial charge in [-0.1, -0.05) is 36.4 Å². The molecule has 0 aliphatic rings. The summed E-state index contributed by atoms with van der Waals surface area (Å²) in [5.74, 6) is 0.483. The number of hydrogen-bond donors (Lipinski definition) is 1. The van der Waals surface area contributed by atoms with Gasteiger partial charge in [-0.15, -0.1) is 0 Å². The number of rotatable bonds is 4. The second-order valence-corrected chi connectivity index (χ2v) is 4.29. The van der Waals surface area contributed by atoms with Gasteiger partial charge in [0.15, 0.2) is 5.82 Å². The van der Waals surface area contributed by atoms with Crippen molar-refractivity contribution in [3.8, 4) is 0 Å². The molecule has 0 saturated heterocycles. The van der Waals surface area contributed by atoms with Gasteiger partial charge in [-0.25, -0.2) is 9.78 Å². The monoisotopic (exact) mass is 272 g/mol. The number of carbonyl (C=O) groups excluding carboxylic acids is 1. The average Bonchev–Trinajstić information content (AvgIpc) is 2.47. The molecule has 0 bridgehead atoms. The predicted molar refractivity (Wildman–Crippen MR) is 75.0 cm³/mol. The molecule has 5 heteroatoms. The van der Waals surface area contributed by atoms with Crippen LogP contribution in [0, 0.1) is 6.92 Å². The summed E-state index contributed by atoms with van der Waals surface area (Å²) >= 11 is 0. The summed E-state index contributed by atoms with van der Waals surface area (Å²) < 4.78 is 5.15. The quantitative estimate of drug-likeness (QED) is 0.680. The Hall–Kier alpha value is -2.56. The van der Waals surface area contributed by atoms with Gasteiger partial charge in [0, 0.05) is 6.20 Å². The van der Waals surface area contributed by atoms with Crippen LogP contribution in [0.4, 0.5) is 10.6 Å². The second-order valence-electron chi connectivity index (χ2n) is 4.29. The summed E-state index contributed by atoms with van der Waals surface area (Å²) in [5.41, 5.74) is 4.26. The van der Waals surface area contributed by atoms with Crippen molar-refractivity contribution in [3.05, 3.63) is 59.8 Å². The smallest absolute Gasteiger partial charge is 0.425 e. The summed E-state index contributed by atoms with van der Waals surface area (Å²) in [6.07, 6.45) is 0.429. The topological polar surface area (TPSA) is 60.5 Å². The van der Waals surface area contributed by atoms with Crippen LogP contribution < -0.4 is 5.48 Å². The highest BCUT2D eigenvalue weighted by molar-refractivity contribution is 5.62. The van der Waals surface area contributed by atoms with Crippen LogP contribution in [0.3, 0.4) is 0 Å². The van der Waals surface area contributed by atoms with Gasteiger partial charge in [-0.3, -0.25) is 0 Å². The third-order valence-corrected chi connectivity index (χ3v) is 2.78. The maximum absolute atomic E-state index is 11.6. The number of aromatic nitrogens is 1. The lowest BCUT2D eigenvalue weighted by Gasteiger charge is -2.13. The lowest BCUT2D eigenvalue weighted by atomic mass is 10.1. The van der Waals surface area contributed by atoms with Crippen molar-refractivity contribution in [2.75, 3.05) is 5.48 Å². The highest BCUT2D eigenvalue weighted by Gasteiger charge is 2.13. The largest absolute Gasteiger partial charge is 0.533 e. The van der Waals surface area contributed by atoms with Crippen molar-refractivity contribution in [1.29, 1.82) is 0 Å². The molecule has 1 atom stereocenters. The first-order valence-electron chi connectivity index (χ1n) is 6.27. The molecule has 2 rings (SSSR count). The van der Waals surface area contributed by atoms with E-state index in [1.165, 1.54) is 0 Å². The van der Waals surface area contributed by atoms with Gasteiger partial charge in [0.05, 0.1) is 0 Å². The molecule has 0 aliphatic carbocycles. The minimum Gasteiger partial charge on any atom is -0.425 e. The van der Waals surface area contributed by atoms with Crippen molar-refractivity contribution in [1.82, 2.24) is 4.98 Å². The molecule has 0 radical (unpaired) electrons. The molecule has 0 aliphatic heterocycles. The van der Waals surface area contributed by atoms with E-state index in [0.29, 0.717) is 5.82 Å². The standard InChI is InChI=1S/C15H16N2O3/c1-11-7-6-10-16-14(11)17-20-15(18)19-12(2)13-8-4-3-5-9-13/h3-10,12H,1-2H3,(H,16,17).